The van der Waals surface area contributed by atoms with E-state index in [1.807, 2.05) is 20.8 Å². The normalized spacial score (nSPS) is 10.7. The Morgan fingerprint density at radius 2 is 1.31 bits per heavy atom. The van der Waals surface area contributed by atoms with Crippen LogP contribution in [0.1, 0.15) is 60.7 Å². The number of benzene rings is 2. The van der Waals surface area contributed by atoms with Crippen LogP contribution in [0.2, 0.25) is 0 Å². The molecule has 0 atom stereocenters. The van der Waals surface area contributed by atoms with E-state index < -0.39 is 23.5 Å². The van der Waals surface area contributed by atoms with Gasteiger partial charge in [-0.1, -0.05) is 27.4 Å². The zero-order valence-corrected chi connectivity index (χ0v) is 20.2. The lowest BCUT2D eigenvalue weighted by Gasteiger charge is -2.20. The fraction of sp³-hybridized carbons (Fsp3) is 0.333. The topological polar surface area (TPSA) is 105 Å². The molecule has 0 aliphatic heterocycles. The molecular formula is C27H30O8. The lowest BCUT2D eigenvalue weighted by atomic mass is 9.82. The van der Waals surface area contributed by atoms with Gasteiger partial charge in [0, 0.05) is 17.1 Å². The summed E-state index contributed by atoms with van der Waals surface area (Å²) in [6.07, 6.45) is 1.93. The van der Waals surface area contributed by atoms with Crippen LogP contribution in [-0.2, 0) is 14.3 Å². The van der Waals surface area contributed by atoms with Crippen LogP contribution in [0.4, 0.5) is 4.79 Å². The molecule has 186 valence electrons. The van der Waals surface area contributed by atoms with Crippen molar-refractivity contribution in [2.45, 2.75) is 40.0 Å². The zero-order chi connectivity index (χ0) is 25.8. The first-order chi connectivity index (χ1) is 16.7. The van der Waals surface area contributed by atoms with E-state index in [2.05, 4.69) is 6.58 Å². The van der Waals surface area contributed by atoms with Crippen molar-refractivity contribution >= 4 is 23.9 Å². The van der Waals surface area contributed by atoms with Crippen molar-refractivity contribution in [1.82, 2.24) is 0 Å². The first-order valence-corrected chi connectivity index (χ1v) is 11.3. The Bertz CT molecular complexity index is 1040. The van der Waals surface area contributed by atoms with E-state index >= 15 is 0 Å². The summed E-state index contributed by atoms with van der Waals surface area (Å²) < 4.78 is 20.2. The predicted octanol–water partition coefficient (Wildman–Crippen LogP) is 5.55. The Labute approximate surface area is 204 Å². The van der Waals surface area contributed by atoms with Crippen LogP contribution >= 0.6 is 0 Å². The Morgan fingerprint density at radius 3 is 1.86 bits per heavy atom. The molecule has 0 amide bonds. The van der Waals surface area contributed by atoms with Gasteiger partial charge >= 0.3 is 18.1 Å². The first-order valence-electron chi connectivity index (χ1n) is 11.3. The summed E-state index contributed by atoms with van der Waals surface area (Å²) in [7, 11) is 0. The van der Waals surface area contributed by atoms with Crippen LogP contribution in [0.15, 0.2) is 61.2 Å². The zero-order valence-electron chi connectivity index (χ0n) is 20.2. The van der Waals surface area contributed by atoms with Gasteiger partial charge in [-0.2, -0.15) is 0 Å². The van der Waals surface area contributed by atoms with Crippen LogP contribution < -0.4 is 9.47 Å². The van der Waals surface area contributed by atoms with Gasteiger partial charge in [0.1, 0.15) is 11.5 Å². The van der Waals surface area contributed by atoms with Crippen LogP contribution in [0.5, 0.6) is 11.5 Å². The van der Waals surface area contributed by atoms with Crippen LogP contribution in [0.25, 0.3) is 0 Å². The van der Waals surface area contributed by atoms with Crippen LogP contribution in [0.3, 0.4) is 0 Å². The van der Waals surface area contributed by atoms with E-state index in [0.717, 1.165) is 12.5 Å². The molecule has 2 aromatic carbocycles. The van der Waals surface area contributed by atoms with Gasteiger partial charge < -0.3 is 18.9 Å². The summed E-state index contributed by atoms with van der Waals surface area (Å²) in [6.45, 7) is 9.35. The van der Waals surface area contributed by atoms with E-state index in [-0.39, 0.29) is 30.3 Å². The number of carbonyl (C=O) groups excluding carboxylic acids is 4. The van der Waals surface area contributed by atoms with Crippen LogP contribution in [-0.4, -0.2) is 37.1 Å². The van der Waals surface area contributed by atoms with Gasteiger partial charge in [-0.3, -0.25) is 4.79 Å². The number of rotatable bonds is 12. The lowest BCUT2D eigenvalue weighted by Crippen LogP contribution is -2.23. The van der Waals surface area contributed by atoms with Gasteiger partial charge in [0.15, 0.2) is 5.78 Å². The van der Waals surface area contributed by atoms with E-state index in [1.165, 1.54) is 24.3 Å². The molecule has 0 unspecified atom stereocenters. The third-order valence-electron chi connectivity index (χ3n) is 5.29. The molecule has 0 aliphatic rings. The third kappa shape index (κ3) is 8.73. The van der Waals surface area contributed by atoms with Gasteiger partial charge in [-0.25, -0.2) is 14.4 Å². The van der Waals surface area contributed by atoms with Crippen molar-refractivity contribution in [3.8, 4) is 11.5 Å². The number of hydrogen-bond acceptors (Lipinski definition) is 8. The molecular weight excluding hydrogens is 452 g/mol. The van der Waals surface area contributed by atoms with E-state index in [4.69, 9.17) is 18.9 Å². The van der Waals surface area contributed by atoms with Crippen molar-refractivity contribution in [3.05, 3.63) is 72.3 Å². The molecule has 35 heavy (non-hydrogen) atoms. The highest BCUT2D eigenvalue weighted by Crippen LogP contribution is 2.26. The van der Waals surface area contributed by atoms with Gasteiger partial charge in [0.25, 0.3) is 0 Å². The average molecular weight is 483 g/mol. The molecule has 0 aromatic heterocycles. The number of ketones is 1. The molecule has 0 fully saturated rings. The minimum atomic E-state index is -0.885. The molecule has 0 saturated carbocycles. The first kappa shape index (κ1) is 27.3. The molecule has 0 radical (unpaired) electrons. The highest BCUT2D eigenvalue weighted by molar-refractivity contribution is 6.00. The fourth-order valence-electron chi connectivity index (χ4n) is 2.77. The minimum Gasteiger partial charge on any atom is -0.463 e. The molecule has 0 bridgehead atoms. The third-order valence-corrected chi connectivity index (χ3v) is 5.29. The summed E-state index contributed by atoms with van der Waals surface area (Å²) in [5.41, 5.74) is 0.351. The summed E-state index contributed by atoms with van der Waals surface area (Å²) in [5, 5.41) is 0. The highest BCUT2D eigenvalue weighted by Gasteiger charge is 2.26. The van der Waals surface area contributed by atoms with Crippen molar-refractivity contribution in [3.63, 3.8) is 0 Å². The second-order valence-corrected chi connectivity index (χ2v) is 8.28. The van der Waals surface area contributed by atoms with Crippen molar-refractivity contribution < 1.29 is 38.1 Å². The largest absolute Gasteiger partial charge is 0.513 e. The smallest absolute Gasteiger partial charge is 0.463 e. The summed E-state index contributed by atoms with van der Waals surface area (Å²) in [5.74, 6) is -0.555. The van der Waals surface area contributed by atoms with Gasteiger partial charge in [0.2, 0.25) is 0 Å². The molecule has 0 spiro atoms. The molecule has 0 saturated heterocycles. The van der Waals surface area contributed by atoms with Gasteiger partial charge in [0.05, 0.1) is 18.8 Å². The predicted molar refractivity (Wildman–Crippen MR) is 129 cm³/mol. The maximum Gasteiger partial charge on any atom is 0.513 e. The second-order valence-electron chi connectivity index (χ2n) is 8.28. The molecule has 2 rings (SSSR count). The van der Waals surface area contributed by atoms with Crippen molar-refractivity contribution in [2.24, 2.45) is 5.41 Å². The summed E-state index contributed by atoms with van der Waals surface area (Å²) in [4.78, 5) is 47.6. The Balaban J connectivity index is 1.80. The molecule has 8 nitrogen and oxygen atoms in total. The summed E-state index contributed by atoms with van der Waals surface area (Å²) in [6, 6.07) is 12.2. The Morgan fingerprint density at radius 1 is 0.800 bits per heavy atom. The van der Waals surface area contributed by atoms with Crippen LogP contribution in [0, 0.1) is 5.41 Å². The number of unbranched alkanes of at least 4 members (excludes halogenated alkanes) is 1. The maximum atomic E-state index is 12.5. The molecule has 0 N–H and O–H groups in total. The monoisotopic (exact) mass is 482 g/mol. The average Bonchev–Trinajstić information content (AvgIpc) is 2.86. The Hall–Kier alpha value is -3.94. The number of ether oxygens (including phenoxy) is 4. The molecule has 0 aliphatic carbocycles. The highest BCUT2D eigenvalue weighted by atomic mass is 16.7. The SMILES string of the molecule is C=CC(=O)OCCCCOC(=O)Oc1ccc(C(=O)Oc2ccc(C(=O)C(C)(C)CC)cc2)cc1. The maximum absolute atomic E-state index is 12.5. The lowest BCUT2D eigenvalue weighted by molar-refractivity contribution is -0.137. The molecule has 8 heteroatoms. The van der Waals surface area contributed by atoms with E-state index in [0.29, 0.717) is 24.2 Å². The fourth-order valence-corrected chi connectivity index (χ4v) is 2.77. The minimum absolute atomic E-state index is 0.0287. The number of esters is 2. The molecule has 2 aromatic rings. The number of hydrogen-bond donors (Lipinski definition) is 0. The number of Topliss-reactive ketones (excluding diaryl/α,β-unsaturated/α-hetero) is 1. The second kappa shape index (κ2) is 13.1. The van der Waals surface area contributed by atoms with Gasteiger partial charge in [-0.15, -0.1) is 0 Å². The van der Waals surface area contributed by atoms with Crippen molar-refractivity contribution in [1.29, 1.82) is 0 Å². The molecule has 0 heterocycles. The van der Waals surface area contributed by atoms with Crippen molar-refractivity contribution in [2.75, 3.05) is 13.2 Å². The van der Waals surface area contributed by atoms with E-state index in [9.17, 15) is 19.2 Å². The Kier molecular flexibility index (Phi) is 10.2. The quantitative estimate of drug-likeness (QED) is 0.0968. The van der Waals surface area contributed by atoms with Gasteiger partial charge in [-0.05, 0) is 67.8 Å². The van der Waals surface area contributed by atoms with E-state index in [1.54, 1.807) is 24.3 Å². The number of carbonyl (C=O) groups is 4. The summed E-state index contributed by atoms with van der Waals surface area (Å²) >= 11 is 0. The standard InChI is InChI=1S/C27H30O8/c1-5-23(28)32-17-7-8-18-33-26(31)35-22-15-11-20(12-16-22)25(30)34-21-13-9-19(10-14-21)24(29)27(3,4)6-2/h5,9-16H,1,6-8,17-18H2,2-4H3.